The fraction of sp³-hybridized carbons (Fsp3) is 0.333. The molecule has 0 aromatic heterocycles. The van der Waals surface area contributed by atoms with Crippen molar-refractivity contribution in [1.82, 2.24) is 0 Å². The Bertz CT molecular complexity index is 963. The highest BCUT2D eigenvalue weighted by atomic mass is 16.3. The molecule has 0 atom stereocenters. The molecule has 1 aromatic rings. The molecule has 0 spiro atoms. The van der Waals surface area contributed by atoms with Crippen molar-refractivity contribution in [3.63, 3.8) is 0 Å². The number of phenolic OH excluding ortho intramolecular Hbond substituents is 1. The Morgan fingerprint density at radius 2 is 2.00 bits per heavy atom. The number of aliphatic imine (C=N–C) groups is 1. The normalized spacial score (nSPS) is 19.8. The van der Waals surface area contributed by atoms with E-state index < -0.39 is 0 Å². The topological polar surface area (TPSA) is 51.4 Å². The predicted molar refractivity (Wildman–Crippen MR) is 125 cm³/mol. The number of aromatic hydroxyl groups is 1. The van der Waals surface area contributed by atoms with Crippen LogP contribution in [0.15, 0.2) is 69.8 Å². The van der Waals surface area contributed by atoms with Gasteiger partial charge in [-0.15, -0.1) is 0 Å². The zero-order valence-electron chi connectivity index (χ0n) is 18.0. The molecule has 1 N–H and O–H groups in total. The summed E-state index contributed by atoms with van der Waals surface area (Å²) >= 11 is 0. The molecule has 1 aliphatic heterocycles. The van der Waals surface area contributed by atoms with Gasteiger partial charge in [0.05, 0.1) is 11.4 Å². The van der Waals surface area contributed by atoms with Crippen LogP contribution in [-0.2, 0) is 6.42 Å². The molecule has 0 unspecified atom stereocenters. The van der Waals surface area contributed by atoms with E-state index in [1.807, 2.05) is 51.3 Å². The fourth-order valence-corrected chi connectivity index (χ4v) is 3.85. The quantitative estimate of drug-likeness (QED) is 0.601. The highest BCUT2D eigenvalue weighted by molar-refractivity contribution is 6.18. The molecule has 0 saturated carbocycles. The van der Waals surface area contributed by atoms with Crippen LogP contribution in [0.5, 0.6) is 5.75 Å². The number of nitrogens with zero attached hydrogens (tertiary/aromatic N) is 4. The Hall–Kier alpha value is -3.08. The average molecular weight is 391 g/mol. The van der Waals surface area contributed by atoms with Crippen molar-refractivity contribution >= 4 is 22.8 Å². The SMILES string of the molecule is C\C=C/C(C(/C)=N/N(C)c1cc2c(cc1O)N(C)CCC2)=C1/C=CC=CC1=NC. The zero-order chi connectivity index (χ0) is 21.0. The lowest BCUT2D eigenvalue weighted by Gasteiger charge is -2.29. The maximum atomic E-state index is 10.6. The first-order valence-electron chi connectivity index (χ1n) is 10.0. The minimum atomic E-state index is 0.244. The summed E-state index contributed by atoms with van der Waals surface area (Å²) in [6, 6.07) is 3.91. The van der Waals surface area contributed by atoms with E-state index in [1.165, 1.54) is 5.56 Å². The molecule has 2 aliphatic rings. The zero-order valence-corrected chi connectivity index (χ0v) is 18.0. The first kappa shape index (κ1) is 20.6. The van der Waals surface area contributed by atoms with E-state index in [1.54, 1.807) is 12.1 Å². The Labute approximate surface area is 173 Å². The molecule has 0 bridgehead atoms. The molecule has 5 heteroatoms. The molecule has 1 aromatic carbocycles. The fourth-order valence-electron chi connectivity index (χ4n) is 3.85. The molecular weight excluding hydrogens is 360 g/mol. The summed E-state index contributed by atoms with van der Waals surface area (Å²) in [5.74, 6) is 0.244. The molecule has 1 heterocycles. The van der Waals surface area contributed by atoms with E-state index in [4.69, 9.17) is 5.10 Å². The molecule has 29 heavy (non-hydrogen) atoms. The lowest BCUT2D eigenvalue weighted by molar-refractivity contribution is 0.474. The monoisotopic (exact) mass is 390 g/mol. The minimum absolute atomic E-state index is 0.244. The number of phenols is 1. The van der Waals surface area contributed by atoms with E-state index in [-0.39, 0.29) is 5.75 Å². The lowest BCUT2D eigenvalue weighted by Crippen LogP contribution is -2.25. The van der Waals surface area contributed by atoms with Crippen LogP contribution in [0.2, 0.25) is 0 Å². The van der Waals surface area contributed by atoms with E-state index in [0.717, 1.165) is 47.6 Å². The predicted octanol–water partition coefficient (Wildman–Crippen LogP) is 4.66. The van der Waals surface area contributed by atoms with Crippen LogP contribution in [0.4, 0.5) is 11.4 Å². The van der Waals surface area contributed by atoms with Crippen molar-refractivity contribution in [1.29, 1.82) is 0 Å². The standard InChI is InChI=1S/C24H30N4O/c1-6-10-19(20-12-7-8-13-21(20)25-3)17(2)26-28(5)23-15-18-11-9-14-27(4)22(18)16-24(23)29/h6-8,10,12-13,15-16,29H,9,11,14H2,1-5H3/b10-6-,20-19+,25-21?,26-17+. The summed E-state index contributed by atoms with van der Waals surface area (Å²) in [6.07, 6.45) is 14.3. The van der Waals surface area contributed by atoms with Crippen LogP contribution in [0.25, 0.3) is 0 Å². The highest BCUT2D eigenvalue weighted by Crippen LogP contribution is 2.37. The number of fused-ring (bicyclic) bond motifs is 1. The van der Waals surface area contributed by atoms with Crippen molar-refractivity contribution in [3.8, 4) is 5.75 Å². The third-order valence-electron chi connectivity index (χ3n) is 5.33. The molecule has 3 rings (SSSR count). The highest BCUT2D eigenvalue weighted by Gasteiger charge is 2.19. The van der Waals surface area contributed by atoms with Gasteiger partial charge in [0.1, 0.15) is 11.4 Å². The molecular formula is C24H30N4O. The van der Waals surface area contributed by atoms with Gasteiger partial charge in [-0.25, -0.2) is 0 Å². The van der Waals surface area contributed by atoms with Gasteiger partial charge in [0, 0.05) is 50.6 Å². The van der Waals surface area contributed by atoms with Crippen LogP contribution in [0.3, 0.4) is 0 Å². The van der Waals surface area contributed by atoms with Crippen molar-refractivity contribution in [3.05, 3.63) is 65.3 Å². The Balaban J connectivity index is 2.00. The third-order valence-corrected chi connectivity index (χ3v) is 5.33. The molecule has 5 nitrogen and oxygen atoms in total. The summed E-state index contributed by atoms with van der Waals surface area (Å²) in [4.78, 5) is 6.59. The number of anilines is 2. The van der Waals surface area contributed by atoms with Gasteiger partial charge in [-0.2, -0.15) is 5.10 Å². The minimum Gasteiger partial charge on any atom is -0.506 e. The molecule has 1 aliphatic carbocycles. The second kappa shape index (κ2) is 8.95. The lowest BCUT2D eigenvalue weighted by atomic mass is 9.96. The first-order chi connectivity index (χ1) is 14.0. The largest absolute Gasteiger partial charge is 0.506 e. The molecule has 152 valence electrons. The molecule has 0 saturated heterocycles. The molecule has 0 radical (unpaired) electrons. The van der Waals surface area contributed by atoms with Crippen LogP contribution in [0, 0.1) is 0 Å². The van der Waals surface area contributed by atoms with Gasteiger partial charge in [-0.05, 0) is 44.4 Å². The summed E-state index contributed by atoms with van der Waals surface area (Å²) in [5, 5.41) is 17.2. The summed E-state index contributed by atoms with van der Waals surface area (Å²) in [6.45, 7) is 5.00. The van der Waals surface area contributed by atoms with Gasteiger partial charge >= 0.3 is 0 Å². The van der Waals surface area contributed by atoms with Crippen LogP contribution in [0.1, 0.15) is 25.8 Å². The maximum Gasteiger partial charge on any atom is 0.142 e. The number of hydrogen-bond donors (Lipinski definition) is 1. The maximum absolute atomic E-state index is 10.6. The smallest absolute Gasteiger partial charge is 0.142 e. The molecule has 0 amide bonds. The molecule has 0 fully saturated rings. The van der Waals surface area contributed by atoms with E-state index in [9.17, 15) is 5.11 Å². The van der Waals surface area contributed by atoms with Gasteiger partial charge in [0.15, 0.2) is 0 Å². The van der Waals surface area contributed by atoms with Crippen molar-refractivity contribution in [2.24, 2.45) is 10.1 Å². The van der Waals surface area contributed by atoms with Gasteiger partial charge in [0.25, 0.3) is 0 Å². The van der Waals surface area contributed by atoms with Crippen molar-refractivity contribution in [2.45, 2.75) is 26.7 Å². The second-order valence-corrected chi connectivity index (χ2v) is 7.36. The number of hydrazone groups is 1. The second-order valence-electron chi connectivity index (χ2n) is 7.36. The van der Waals surface area contributed by atoms with Gasteiger partial charge in [-0.1, -0.05) is 30.4 Å². The number of allylic oxidation sites excluding steroid dienone is 8. The van der Waals surface area contributed by atoms with Crippen LogP contribution in [-0.4, -0.2) is 44.2 Å². The van der Waals surface area contributed by atoms with E-state index >= 15 is 0 Å². The number of hydrogen-bond acceptors (Lipinski definition) is 5. The third kappa shape index (κ3) is 4.34. The van der Waals surface area contributed by atoms with Crippen LogP contribution >= 0.6 is 0 Å². The summed E-state index contributed by atoms with van der Waals surface area (Å²) in [5.41, 5.74) is 6.90. The summed E-state index contributed by atoms with van der Waals surface area (Å²) in [7, 11) is 5.74. The van der Waals surface area contributed by atoms with Gasteiger partial charge < -0.3 is 10.0 Å². The number of benzene rings is 1. The van der Waals surface area contributed by atoms with Crippen molar-refractivity contribution in [2.75, 3.05) is 37.6 Å². The number of rotatable bonds is 4. The Morgan fingerprint density at radius 1 is 1.24 bits per heavy atom. The average Bonchev–Trinajstić information content (AvgIpc) is 2.72. The first-order valence-corrected chi connectivity index (χ1v) is 10.0. The van der Waals surface area contributed by atoms with E-state index in [0.29, 0.717) is 5.69 Å². The van der Waals surface area contributed by atoms with Crippen molar-refractivity contribution < 1.29 is 5.11 Å². The summed E-state index contributed by atoms with van der Waals surface area (Å²) < 4.78 is 0. The number of aryl methyl sites for hydroxylation is 1. The van der Waals surface area contributed by atoms with Gasteiger partial charge in [0.2, 0.25) is 0 Å². The van der Waals surface area contributed by atoms with Crippen LogP contribution < -0.4 is 9.91 Å². The van der Waals surface area contributed by atoms with E-state index in [2.05, 4.69) is 35.2 Å². The Kier molecular flexibility index (Phi) is 6.37. The van der Waals surface area contributed by atoms with Gasteiger partial charge in [-0.3, -0.25) is 10.0 Å². The Morgan fingerprint density at radius 3 is 2.72 bits per heavy atom.